The minimum absolute atomic E-state index is 0.0538. The van der Waals surface area contributed by atoms with Gasteiger partial charge in [-0.25, -0.2) is 0 Å². The summed E-state index contributed by atoms with van der Waals surface area (Å²) in [5.74, 6) is 0.399. The summed E-state index contributed by atoms with van der Waals surface area (Å²) in [7, 11) is 0. The molecule has 1 heterocycles. The lowest BCUT2D eigenvalue weighted by atomic mass is 9.71. The molecule has 1 aliphatic carbocycles. The zero-order valence-electron chi connectivity index (χ0n) is 8.49. The Bertz CT molecular complexity index is 333. The highest BCUT2D eigenvalue weighted by atomic mass is 16.1. The van der Waals surface area contributed by atoms with Crippen molar-refractivity contribution in [1.29, 1.82) is 0 Å². The number of carbonyl (C=O) groups is 1. The zero-order valence-corrected chi connectivity index (χ0v) is 8.49. The molecule has 0 spiro atoms. The quantitative estimate of drug-likeness (QED) is 0.679. The van der Waals surface area contributed by atoms with Gasteiger partial charge in [0.05, 0.1) is 0 Å². The molecule has 0 aliphatic heterocycles. The van der Waals surface area contributed by atoms with Crippen LogP contribution in [0.25, 0.3) is 0 Å². The lowest BCUT2D eigenvalue weighted by Gasteiger charge is -2.33. The summed E-state index contributed by atoms with van der Waals surface area (Å²) in [4.78, 5) is 15.4. The van der Waals surface area contributed by atoms with Crippen LogP contribution in [0.3, 0.4) is 0 Å². The molecule has 0 saturated heterocycles. The molecular weight excluding hydrogens is 174 g/mol. The van der Waals surface area contributed by atoms with E-state index in [1.807, 2.05) is 12.1 Å². The molecule has 2 rings (SSSR count). The van der Waals surface area contributed by atoms with E-state index in [-0.39, 0.29) is 5.41 Å². The van der Waals surface area contributed by atoms with Crippen LogP contribution in [0.2, 0.25) is 0 Å². The Hall–Kier alpha value is -1.18. The van der Waals surface area contributed by atoms with E-state index in [2.05, 4.69) is 11.9 Å². The summed E-state index contributed by atoms with van der Waals surface area (Å²) in [6, 6.07) is 4.05. The van der Waals surface area contributed by atoms with Crippen LogP contribution >= 0.6 is 0 Å². The van der Waals surface area contributed by atoms with Crippen LogP contribution in [0.15, 0.2) is 24.5 Å². The topological polar surface area (TPSA) is 30.0 Å². The molecule has 0 amide bonds. The third-order valence-corrected chi connectivity index (χ3v) is 3.15. The van der Waals surface area contributed by atoms with E-state index in [1.165, 1.54) is 5.56 Å². The first-order valence-electron chi connectivity index (χ1n) is 5.13. The predicted octanol–water partition coefficient (Wildman–Crippen LogP) is 2.48. The minimum Gasteiger partial charge on any atom is -0.300 e. The largest absolute Gasteiger partial charge is 0.300 e. The molecule has 2 nitrogen and oxygen atoms in total. The highest BCUT2D eigenvalue weighted by molar-refractivity contribution is 5.80. The van der Waals surface area contributed by atoms with Crippen molar-refractivity contribution in [2.24, 2.45) is 0 Å². The maximum absolute atomic E-state index is 11.4. The molecule has 1 aromatic rings. The van der Waals surface area contributed by atoms with Gasteiger partial charge in [-0.15, -0.1) is 0 Å². The summed E-state index contributed by atoms with van der Waals surface area (Å²) in [6.45, 7) is 2.18. The number of hydrogen-bond acceptors (Lipinski definition) is 2. The van der Waals surface area contributed by atoms with Crippen LogP contribution in [0, 0.1) is 0 Å². The molecule has 1 atom stereocenters. The lowest BCUT2D eigenvalue weighted by molar-refractivity contribution is -0.121. The summed E-state index contributed by atoms with van der Waals surface area (Å²) in [5.41, 5.74) is 1.30. The number of nitrogens with zero attached hydrogens (tertiary/aromatic N) is 1. The third kappa shape index (κ3) is 1.69. The molecule has 0 bridgehead atoms. The van der Waals surface area contributed by atoms with Crippen molar-refractivity contribution in [3.63, 3.8) is 0 Å². The molecule has 1 fully saturated rings. The van der Waals surface area contributed by atoms with Crippen LogP contribution in [0.4, 0.5) is 0 Å². The SMILES string of the molecule is CC1(c2ccncc2)CCCC(=O)C1. The molecule has 1 aromatic heterocycles. The normalized spacial score (nSPS) is 27.6. The second-order valence-corrected chi connectivity index (χ2v) is 4.37. The van der Waals surface area contributed by atoms with E-state index in [1.54, 1.807) is 12.4 Å². The summed E-state index contributed by atoms with van der Waals surface area (Å²) in [6.07, 6.45) is 7.21. The van der Waals surface area contributed by atoms with Crippen LogP contribution < -0.4 is 0 Å². The Morgan fingerprint density at radius 1 is 1.36 bits per heavy atom. The molecule has 0 aromatic carbocycles. The minimum atomic E-state index is 0.0538. The fourth-order valence-corrected chi connectivity index (χ4v) is 2.29. The first-order chi connectivity index (χ1) is 6.71. The van der Waals surface area contributed by atoms with Gasteiger partial charge in [0.2, 0.25) is 0 Å². The molecule has 0 N–H and O–H groups in total. The Morgan fingerprint density at radius 3 is 2.71 bits per heavy atom. The number of ketones is 1. The Kier molecular flexibility index (Phi) is 2.36. The highest BCUT2D eigenvalue weighted by Gasteiger charge is 2.32. The van der Waals surface area contributed by atoms with E-state index >= 15 is 0 Å². The molecule has 2 heteroatoms. The van der Waals surface area contributed by atoms with Gasteiger partial charge in [-0.2, -0.15) is 0 Å². The monoisotopic (exact) mass is 189 g/mol. The van der Waals surface area contributed by atoms with E-state index in [0.717, 1.165) is 19.3 Å². The molecule has 1 saturated carbocycles. The average molecular weight is 189 g/mol. The first-order valence-corrected chi connectivity index (χ1v) is 5.13. The van der Waals surface area contributed by atoms with Gasteiger partial charge in [-0.1, -0.05) is 6.92 Å². The van der Waals surface area contributed by atoms with Gasteiger partial charge in [0.15, 0.2) is 0 Å². The van der Waals surface area contributed by atoms with Crippen LogP contribution in [-0.2, 0) is 10.2 Å². The van der Waals surface area contributed by atoms with Crippen molar-refractivity contribution in [3.8, 4) is 0 Å². The van der Waals surface area contributed by atoms with E-state index in [4.69, 9.17) is 0 Å². The summed E-state index contributed by atoms with van der Waals surface area (Å²) < 4.78 is 0. The molecular formula is C12H15NO. The number of rotatable bonds is 1. The van der Waals surface area contributed by atoms with Gasteiger partial charge in [-0.3, -0.25) is 9.78 Å². The van der Waals surface area contributed by atoms with Crippen molar-refractivity contribution < 1.29 is 4.79 Å². The number of hydrogen-bond donors (Lipinski definition) is 0. The maximum atomic E-state index is 11.4. The molecule has 0 radical (unpaired) electrons. The Morgan fingerprint density at radius 2 is 2.07 bits per heavy atom. The van der Waals surface area contributed by atoms with Crippen LogP contribution in [-0.4, -0.2) is 10.8 Å². The van der Waals surface area contributed by atoms with Crippen LogP contribution in [0.1, 0.15) is 38.2 Å². The molecule has 74 valence electrons. The third-order valence-electron chi connectivity index (χ3n) is 3.15. The fraction of sp³-hybridized carbons (Fsp3) is 0.500. The number of Topliss-reactive ketones (excluding diaryl/α,β-unsaturated/α-hetero) is 1. The second-order valence-electron chi connectivity index (χ2n) is 4.37. The highest BCUT2D eigenvalue weighted by Crippen LogP contribution is 2.36. The van der Waals surface area contributed by atoms with Gasteiger partial charge < -0.3 is 0 Å². The fourth-order valence-electron chi connectivity index (χ4n) is 2.29. The second kappa shape index (κ2) is 3.52. The van der Waals surface area contributed by atoms with Gasteiger partial charge in [0, 0.05) is 25.2 Å². The van der Waals surface area contributed by atoms with Crippen molar-refractivity contribution in [1.82, 2.24) is 4.98 Å². The van der Waals surface area contributed by atoms with E-state index < -0.39 is 0 Å². The van der Waals surface area contributed by atoms with Crippen LogP contribution in [0.5, 0.6) is 0 Å². The standard InChI is InChI=1S/C12H15NO/c1-12(6-2-3-11(14)9-12)10-4-7-13-8-5-10/h4-5,7-8H,2-3,6,9H2,1H3. The average Bonchev–Trinajstić information content (AvgIpc) is 2.19. The van der Waals surface area contributed by atoms with Crippen molar-refractivity contribution in [3.05, 3.63) is 30.1 Å². The summed E-state index contributed by atoms with van der Waals surface area (Å²) >= 11 is 0. The molecule has 1 unspecified atom stereocenters. The number of aromatic nitrogens is 1. The van der Waals surface area contributed by atoms with Crippen molar-refractivity contribution >= 4 is 5.78 Å². The number of carbonyl (C=O) groups excluding carboxylic acids is 1. The lowest BCUT2D eigenvalue weighted by Crippen LogP contribution is -2.29. The maximum Gasteiger partial charge on any atom is 0.133 e. The predicted molar refractivity (Wildman–Crippen MR) is 55.1 cm³/mol. The van der Waals surface area contributed by atoms with E-state index in [9.17, 15) is 4.79 Å². The van der Waals surface area contributed by atoms with Gasteiger partial charge >= 0.3 is 0 Å². The Labute approximate surface area is 84.4 Å². The van der Waals surface area contributed by atoms with Gasteiger partial charge in [0.25, 0.3) is 0 Å². The zero-order chi connectivity index (χ0) is 10.0. The van der Waals surface area contributed by atoms with Gasteiger partial charge in [-0.05, 0) is 36.0 Å². The molecule has 14 heavy (non-hydrogen) atoms. The number of pyridine rings is 1. The smallest absolute Gasteiger partial charge is 0.133 e. The summed E-state index contributed by atoms with van der Waals surface area (Å²) in [5, 5.41) is 0. The van der Waals surface area contributed by atoms with E-state index in [0.29, 0.717) is 12.2 Å². The molecule has 1 aliphatic rings. The van der Waals surface area contributed by atoms with Crippen molar-refractivity contribution in [2.75, 3.05) is 0 Å². The Balaban J connectivity index is 2.27. The van der Waals surface area contributed by atoms with Gasteiger partial charge in [0.1, 0.15) is 5.78 Å². The van der Waals surface area contributed by atoms with Crippen molar-refractivity contribution in [2.45, 2.75) is 38.0 Å². The first kappa shape index (κ1) is 9.38.